The summed E-state index contributed by atoms with van der Waals surface area (Å²) in [6.07, 6.45) is 4.24. The second kappa shape index (κ2) is 6.49. The van der Waals surface area contributed by atoms with Gasteiger partial charge in [-0.15, -0.1) is 0 Å². The third-order valence-corrected chi connectivity index (χ3v) is 3.41. The average Bonchev–Trinajstić information content (AvgIpc) is 2.45. The van der Waals surface area contributed by atoms with Gasteiger partial charge in [0.25, 0.3) is 0 Å². The lowest BCUT2D eigenvalue weighted by molar-refractivity contribution is -0.385. The van der Waals surface area contributed by atoms with Gasteiger partial charge in [0.05, 0.1) is 4.92 Å². The topological polar surface area (TPSA) is 84.2 Å². The number of hydrogen-bond acceptors (Lipinski definition) is 6. The third-order valence-electron chi connectivity index (χ3n) is 3.41. The van der Waals surface area contributed by atoms with Gasteiger partial charge in [-0.05, 0) is 32.6 Å². The van der Waals surface area contributed by atoms with Gasteiger partial charge in [-0.3, -0.25) is 10.1 Å². The Morgan fingerprint density at radius 1 is 1.30 bits per heavy atom. The molecular formula is C13H21N5O2. The van der Waals surface area contributed by atoms with Crippen LogP contribution in [0.15, 0.2) is 0 Å². The van der Waals surface area contributed by atoms with Gasteiger partial charge in [0.2, 0.25) is 11.8 Å². The van der Waals surface area contributed by atoms with E-state index in [4.69, 9.17) is 0 Å². The molecule has 0 bridgehead atoms. The van der Waals surface area contributed by atoms with Crippen molar-refractivity contribution in [3.8, 4) is 0 Å². The number of rotatable bonds is 5. The second-order valence-electron chi connectivity index (χ2n) is 5.04. The molecule has 0 aliphatic carbocycles. The molecule has 0 atom stereocenters. The Morgan fingerprint density at radius 2 is 2.00 bits per heavy atom. The normalized spacial score (nSPS) is 15.2. The third kappa shape index (κ3) is 3.15. The zero-order valence-corrected chi connectivity index (χ0v) is 12.1. The number of nitro groups is 1. The minimum absolute atomic E-state index is 0.0361. The first kappa shape index (κ1) is 14.5. The van der Waals surface area contributed by atoms with Gasteiger partial charge in [0.15, 0.2) is 0 Å². The Bertz CT molecular complexity index is 486. The van der Waals surface area contributed by atoms with Gasteiger partial charge in [0, 0.05) is 19.6 Å². The molecule has 0 aromatic carbocycles. The number of anilines is 2. The summed E-state index contributed by atoms with van der Waals surface area (Å²) in [5.74, 6) is 0.941. The molecule has 1 fully saturated rings. The van der Waals surface area contributed by atoms with E-state index in [2.05, 4.69) is 22.2 Å². The van der Waals surface area contributed by atoms with E-state index in [1.54, 1.807) is 6.92 Å². The van der Waals surface area contributed by atoms with Crippen molar-refractivity contribution < 1.29 is 4.92 Å². The van der Waals surface area contributed by atoms with Crippen LogP contribution in [0.25, 0.3) is 0 Å². The first-order chi connectivity index (χ1) is 9.63. The van der Waals surface area contributed by atoms with E-state index in [1.165, 1.54) is 6.42 Å². The van der Waals surface area contributed by atoms with E-state index in [0.717, 1.165) is 38.9 Å². The Labute approximate surface area is 118 Å². The minimum atomic E-state index is -0.372. The van der Waals surface area contributed by atoms with Crippen LogP contribution in [0, 0.1) is 17.0 Å². The molecule has 7 heteroatoms. The molecule has 1 aromatic rings. The molecule has 1 N–H and O–H groups in total. The highest BCUT2D eigenvalue weighted by Crippen LogP contribution is 2.31. The molecule has 7 nitrogen and oxygen atoms in total. The fourth-order valence-electron chi connectivity index (χ4n) is 2.41. The van der Waals surface area contributed by atoms with Gasteiger partial charge in [-0.1, -0.05) is 6.92 Å². The van der Waals surface area contributed by atoms with Crippen LogP contribution in [0.3, 0.4) is 0 Å². The molecule has 0 spiro atoms. The molecular weight excluding hydrogens is 258 g/mol. The van der Waals surface area contributed by atoms with Gasteiger partial charge >= 0.3 is 5.69 Å². The summed E-state index contributed by atoms with van der Waals surface area (Å²) >= 11 is 0. The summed E-state index contributed by atoms with van der Waals surface area (Å²) in [6.45, 7) is 6.13. The van der Waals surface area contributed by atoms with Gasteiger partial charge in [-0.25, -0.2) is 4.98 Å². The van der Waals surface area contributed by atoms with E-state index < -0.39 is 0 Å². The zero-order valence-electron chi connectivity index (χ0n) is 12.1. The molecule has 1 aliphatic heterocycles. The van der Waals surface area contributed by atoms with Gasteiger partial charge in [0.1, 0.15) is 5.69 Å². The zero-order chi connectivity index (χ0) is 14.5. The smallest absolute Gasteiger partial charge is 0.332 e. The largest absolute Gasteiger partial charge is 0.354 e. The Hall–Kier alpha value is -1.92. The van der Waals surface area contributed by atoms with Gasteiger partial charge in [-0.2, -0.15) is 4.98 Å². The molecule has 0 saturated carbocycles. The van der Waals surface area contributed by atoms with E-state index >= 15 is 0 Å². The van der Waals surface area contributed by atoms with Crippen molar-refractivity contribution >= 4 is 17.5 Å². The molecule has 2 rings (SSSR count). The number of aromatic nitrogens is 2. The highest BCUT2D eigenvalue weighted by atomic mass is 16.6. The summed E-state index contributed by atoms with van der Waals surface area (Å²) in [4.78, 5) is 21.5. The van der Waals surface area contributed by atoms with Crippen LogP contribution in [-0.2, 0) is 0 Å². The molecule has 110 valence electrons. The van der Waals surface area contributed by atoms with Crippen LogP contribution in [0.2, 0.25) is 0 Å². The van der Waals surface area contributed by atoms with Crippen molar-refractivity contribution in [3.05, 3.63) is 15.8 Å². The van der Waals surface area contributed by atoms with Crippen molar-refractivity contribution in [2.75, 3.05) is 29.9 Å². The summed E-state index contributed by atoms with van der Waals surface area (Å²) < 4.78 is 0. The summed E-state index contributed by atoms with van der Waals surface area (Å²) in [5, 5.41) is 14.4. The lowest BCUT2D eigenvalue weighted by Gasteiger charge is -2.27. The van der Waals surface area contributed by atoms with Crippen LogP contribution in [-0.4, -0.2) is 34.5 Å². The number of aryl methyl sites for hydroxylation is 1. The van der Waals surface area contributed by atoms with Crippen molar-refractivity contribution in [2.24, 2.45) is 0 Å². The fraction of sp³-hybridized carbons (Fsp3) is 0.692. The predicted molar refractivity (Wildman–Crippen MR) is 78.3 cm³/mol. The molecule has 0 radical (unpaired) electrons. The lowest BCUT2D eigenvalue weighted by atomic mass is 10.1. The maximum absolute atomic E-state index is 11.3. The Morgan fingerprint density at radius 3 is 2.60 bits per heavy atom. The number of piperidine rings is 1. The molecule has 2 heterocycles. The quantitative estimate of drug-likeness (QED) is 0.658. The highest BCUT2D eigenvalue weighted by Gasteiger charge is 2.27. The summed E-state index contributed by atoms with van der Waals surface area (Å²) in [6, 6.07) is 0. The number of nitrogens with zero attached hydrogens (tertiary/aromatic N) is 4. The molecule has 1 saturated heterocycles. The van der Waals surface area contributed by atoms with E-state index in [1.807, 2.05) is 4.90 Å². The van der Waals surface area contributed by atoms with Crippen molar-refractivity contribution in [3.63, 3.8) is 0 Å². The van der Waals surface area contributed by atoms with Crippen molar-refractivity contribution in [1.29, 1.82) is 0 Å². The lowest BCUT2D eigenvalue weighted by Crippen LogP contribution is -2.31. The van der Waals surface area contributed by atoms with Crippen LogP contribution < -0.4 is 10.2 Å². The Kier molecular flexibility index (Phi) is 4.70. The first-order valence-electron chi connectivity index (χ1n) is 7.15. The summed E-state index contributed by atoms with van der Waals surface area (Å²) in [7, 11) is 0. The first-order valence-corrected chi connectivity index (χ1v) is 7.15. The monoisotopic (exact) mass is 279 g/mol. The van der Waals surface area contributed by atoms with Crippen LogP contribution in [0.1, 0.15) is 38.3 Å². The molecule has 0 amide bonds. The SMILES string of the molecule is CCCNc1nc(C)c([N+](=O)[O-])c(N2CCCCC2)n1. The van der Waals surface area contributed by atoms with Crippen molar-refractivity contribution in [1.82, 2.24) is 9.97 Å². The minimum Gasteiger partial charge on any atom is -0.354 e. The second-order valence-corrected chi connectivity index (χ2v) is 5.04. The maximum atomic E-state index is 11.3. The van der Waals surface area contributed by atoms with E-state index in [0.29, 0.717) is 17.5 Å². The average molecular weight is 279 g/mol. The molecule has 20 heavy (non-hydrogen) atoms. The standard InChI is InChI=1S/C13H21N5O2/c1-3-7-14-13-15-10(2)11(18(19)20)12(16-13)17-8-5-4-6-9-17/h3-9H2,1-2H3,(H,14,15,16). The van der Waals surface area contributed by atoms with Crippen LogP contribution >= 0.6 is 0 Å². The number of nitrogens with one attached hydrogen (secondary N) is 1. The molecule has 1 aliphatic rings. The maximum Gasteiger partial charge on any atom is 0.332 e. The van der Waals surface area contributed by atoms with E-state index in [-0.39, 0.29) is 10.6 Å². The summed E-state index contributed by atoms with van der Waals surface area (Å²) in [5.41, 5.74) is 0.457. The fourth-order valence-corrected chi connectivity index (χ4v) is 2.41. The van der Waals surface area contributed by atoms with Crippen molar-refractivity contribution in [2.45, 2.75) is 39.5 Å². The molecule has 0 unspecified atom stereocenters. The van der Waals surface area contributed by atoms with E-state index in [9.17, 15) is 10.1 Å². The van der Waals surface area contributed by atoms with Crippen LogP contribution in [0.4, 0.5) is 17.5 Å². The molecule has 1 aromatic heterocycles. The highest BCUT2D eigenvalue weighted by molar-refractivity contribution is 5.62. The van der Waals surface area contributed by atoms with Crippen LogP contribution in [0.5, 0.6) is 0 Å². The van der Waals surface area contributed by atoms with Gasteiger partial charge < -0.3 is 10.2 Å². The predicted octanol–water partition coefficient (Wildman–Crippen LogP) is 2.51. The Balaban J connectivity index is 2.38. The number of hydrogen-bond donors (Lipinski definition) is 1.